The molecule has 1 aliphatic heterocycles. The average Bonchev–Trinajstić information content (AvgIpc) is 3.52. The number of hydrogen-bond acceptors (Lipinski definition) is 7. The first-order valence-electron chi connectivity index (χ1n) is 11.0. The molecule has 2 aromatic carbocycles. The van der Waals surface area contributed by atoms with Crippen molar-refractivity contribution in [2.24, 2.45) is 0 Å². The number of anilines is 1. The summed E-state index contributed by atoms with van der Waals surface area (Å²) >= 11 is 0. The molecule has 0 saturated carbocycles. The number of ether oxygens (including phenoxy) is 2. The zero-order valence-electron chi connectivity index (χ0n) is 19.1. The number of rotatable bonds is 8. The van der Waals surface area contributed by atoms with Crippen molar-refractivity contribution >= 4 is 44.5 Å². The maximum atomic E-state index is 12.6. The van der Waals surface area contributed by atoms with Gasteiger partial charge in [0.05, 0.1) is 17.6 Å². The molecule has 0 unspecified atom stereocenters. The van der Waals surface area contributed by atoms with Gasteiger partial charge in [-0.1, -0.05) is 18.2 Å². The number of para-hydroxylation sites is 1. The lowest BCUT2D eigenvalue weighted by Crippen LogP contribution is -2.27. The molecule has 0 atom stereocenters. The van der Waals surface area contributed by atoms with Gasteiger partial charge in [0.2, 0.25) is 10.0 Å². The lowest BCUT2D eigenvalue weighted by molar-refractivity contribution is -0.147. The number of amides is 1. The second-order valence-corrected chi connectivity index (χ2v) is 9.96. The Balaban J connectivity index is 1.33. The van der Waals surface area contributed by atoms with Crippen LogP contribution in [0.4, 0.5) is 5.69 Å². The summed E-state index contributed by atoms with van der Waals surface area (Å²) in [5.74, 6) is -1.75. The molecule has 1 fully saturated rings. The maximum absolute atomic E-state index is 12.6. The van der Waals surface area contributed by atoms with E-state index in [-0.39, 0.29) is 11.4 Å². The second-order valence-electron chi connectivity index (χ2n) is 8.02. The molecule has 1 amide bonds. The highest BCUT2D eigenvalue weighted by molar-refractivity contribution is 7.89. The smallest absolute Gasteiger partial charge is 0.340 e. The van der Waals surface area contributed by atoms with Gasteiger partial charge in [-0.2, -0.15) is 4.31 Å². The summed E-state index contributed by atoms with van der Waals surface area (Å²) in [6.45, 7) is 0.299. The fraction of sp³-hybridized carbons (Fsp3) is 0.292. The number of carbonyl (C=O) groups excluding carboxylic acids is 3. The van der Waals surface area contributed by atoms with E-state index in [4.69, 9.17) is 9.47 Å². The van der Waals surface area contributed by atoms with E-state index >= 15 is 0 Å². The van der Waals surface area contributed by atoms with Gasteiger partial charge in [-0.3, -0.25) is 9.59 Å². The predicted octanol–water partition coefficient (Wildman–Crippen LogP) is 2.39. The van der Waals surface area contributed by atoms with Gasteiger partial charge >= 0.3 is 11.9 Å². The molecule has 1 saturated heterocycles. The summed E-state index contributed by atoms with van der Waals surface area (Å²) in [7, 11) is -2.26. The Labute approximate surface area is 202 Å². The topological polar surface area (TPSA) is 124 Å². The zero-order chi connectivity index (χ0) is 25.0. The first kappa shape index (κ1) is 24.4. The Bertz CT molecular complexity index is 1360. The van der Waals surface area contributed by atoms with E-state index in [1.54, 1.807) is 28.8 Å². The number of nitrogens with one attached hydrogen (secondary N) is 1. The van der Waals surface area contributed by atoms with E-state index in [9.17, 15) is 22.8 Å². The van der Waals surface area contributed by atoms with Gasteiger partial charge in [0, 0.05) is 35.9 Å². The molecule has 35 heavy (non-hydrogen) atoms. The highest BCUT2D eigenvalue weighted by Crippen LogP contribution is 2.23. The molecule has 1 aliphatic rings. The van der Waals surface area contributed by atoms with Gasteiger partial charge < -0.3 is 19.4 Å². The highest BCUT2D eigenvalue weighted by atomic mass is 32.2. The van der Waals surface area contributed by atoms with Crippen molar-refractivity contribution < 1.29 is 32.3 Å². The SMILES string of the molecule is COC(=O)c1cn(CC(=O)OCC(=O)Nc2ccc(S(=O)(=O)N3CCCC3)cc2)c2ccccc12. The van der Waals surface area contributed by atoms with Crippen molar-refractivity contribution in [3.8, 4) is 0 Å². The molecule has 0 bridgehead atoms. The van der Waals surface area contributed by atoms with Crippen LogP contribution in [0.3, 0.4) is 0 Å². The lowest BCUT2D eigenvalue weighted by Gasteiger charge is -2.15. The van der Waals surface area contributed by atoms with E-state index in [2.05, 4.69) is 5.32 Å². The van der Waals surface area contributed by atoms with Gasteiger partial charge in [0.25, 0.3) is 5.91 Å². The van der Waals surface area contributed by atoms with Crippen molar-refractivity contribution in [3.63, 3.8) is 0 Å². The number of carbonyl (C=O) groups is 3. The number of aromatic nitrogens is 1. The first-order valence-corrected chi connectivity index (χ1v) is 12.5. The molecule has 11 heteroatoms. The van der Waals surface area contributed by atoms with E-state index in [1.165, 1.54) is 41.9 Å². The Morgan fingerprint density at radius 1 is 1.00 bits per heavy atom. The first-order chi connectivity index (χ1) is 16.8. The highest BCUT2D eigenvalue weighted by Gasteiger charge is 2.27. The van der Waals surface area contributed by atoms with Crippen molar-refractivity contribution in [1.82, 2.24) is 8.87 Å². The van der Waals surface area contributed by atoms with Crippen LogP contribution >= 0.6 is 0 Å². The van der Waals surface area contributed by atoms with Crippen LogP contribution in [0.5, 0.6) is 0 Å². The van der Waals surface area contributed by atoms with Gasteiger partial charge in [0.15, 0.2) is 6.61 Å². The lowest BCUT2D eigenvalue weighted by atomic mass is 10.2. The van der Waals surface area contributed by atoms with Gasteiger partial charge in [-0.15, -0.1) is 0 Å². The van der Waals surface area contributed by atoms with Crippen LogP contribution in [0.1, 0.15) is 23.2 Å². The van der Waals surface area contributed by atoms with E-state index in [0.29, 0.717) is 35.2 Å². The summed E-state index contributed by atoms with van der Waals surface area (Å²) in [5.41, 5.74) is 1.35. The number of nitrogens with zero attached hydrogens (tertiary/aromatic N) is 2. The largest absolute Gasteiger partial charge is 0.465 e. The molecule has 1 N–H and O–H groups in total. The second kappa shape index (κ2) is 10.3. The number of fused-ring (bicyclic) bond motifs is 1. The molecule has 10 nitrogen and oxygen atoms in total. The molecule has 184 valence electrons. The van der Waals surface area contributed by atoms with Crippen molar-refractivity contribution in [2.75, 3.05) is 32.1 Å². The van der Waals surface area contributed by atoms with Crippen molar-refractivity contribution in [3.05, 3.63) is 60.3 Å². The Hall–Kier alpha value is -3.70. The molecule has 0 aliphatic carbocycles. The number of hydrogen-bond donors (Lipinski definition) is 1. The van der Waals surface area contributed by atoms with Crippen LogP contribution in [-0.4, -0.2) is 61.9 Å². The van der Waals surface area contributed by atoms with E-state index in [0.717, 1.165) is 12.8 Å². The minimum absolute atomic E-state index is 0.161. The molecule has 2 heterocycles. The Kier molecular flexibility index (Phi) is 7.17. The third-order valence-electron chi connectivity index (χ3n) is 5.70. The minimum atomic E-state index is -3.54. The Morgan fingerprint density at radius 2 is 1.69 bits per heavy atom. The standard InChI is InChI=1S/C24H25N3O7S/c1-33-24(30)20-14-26(21-7-3-2-6-19(20)21)15-23(29)34-16-22(28)25-17-8-10-18(11-9-17)35(31,32)27-12-4-5-13-27/h2-3,6-11,14H,4-5,12-13,15-16H2,1H3,(H,25,28). The van der Waals surface area contributed by atoms with Gasteiger partial charge in [-0.25, -0.2) is 13.2 Å². The maximum Gasteiger partial charge on any atom is 0.340 e. The molecule has 4 rings (SSSR count). The average molecular weight is 500 g/mol. The Morgan fingerprint density at radius 3 is 2.37 bits per heavy atom. The number of esters is 2. The van der Waals surface area contributed by atoms with E-state index in [1.807, 2.05) is 0 Å². The fourth-order valence-electron chi connectivity index (χ4n) is 3.97. The van der Waals surface area contributed by atoms with Crippen LogP contribution in [0, 0.1) is 0 Å². The normalized spacial score (nSPS) is 14.1. The summed E-state index contributed by atoms with van der Waals surface area (Å²) in [4.78, 5) is 36.7. The molecular formula is C24H25N3O7S. The van der Waals surface area contributed by atoms with Crippen molar-refractivity contribution in [2.45, 2.75) is 24.3 Å². The summed E-state index contributed by atoms with van der Waals surface area (Å²) in [6, 6.07) is 12.9. The van der Waals surface area contributed by atoms with Crippen LogP contribution < -0.4 is 5.32 Å². The quantitative estimate of drug-likeness (QED) is 0.472. The molecule has 1 aromatic heterocycles. The van der Waals surface area contributed by atoms with E-state index < -0.39 is 34.5 Å². The number of sulfonamides is 1. The predicted molar refractivity (Wildman–Crippen MR) is 127 cm³/mol. The number of benzene rings is 2. The van der Waals surface area contributed by atoms with Gasteiger partial charge in [0.1, 0.15) is 6.54 Å². The fourth-order valence-corrected chi connectivity index (χ4v) is 5.48. The molecule has 0 spiro atoms. The van der Waals surface area contributed by atoms with Crippen molar-refractivity contribution in [1.29, 1.82) is 0 Å². The van der Waals surface area contributed by atoms with Crippen LogP contribution in [0.15, 0.2) is 59.6 Å². The molecular weight excluding hydrogens is 474 g/mol. The minimum Gasteiger partial charge on any atom is -0.465 e. The summed E-state index contributed by atoms with van der Waals surface area (Å²) < 4.78 is 38.0. The summed E-state index contributed by atoms with van der Waals surface area (Å²) in [6.07, 6.45) is 3.20. The summed E-state index contributed by atoms with van der Waals surface area (Å²) in [5, 5.41) is 3.21. The van der Waals surface area contributed by atoms with Gasteiger partial charge in [-0.05, 0) is 43.2 Å². The monoisotopic (exact) mass is 499 g/mol. The van der Waals surface area contributed by atoms with Crippen LogP contribution in [-0.2, 0) is 35.6 Å². The molecule has 3 aromatic rings. The van der Waals surface area contributed by atoms with Crippen LogP contribution in [0.25, 0.3) is 10.9 Å². The molecule has 0 radical (unpaired) electrons. The number of methoxy groups -OCH3 is 1. The zero-order valence-corrected chi connectivity index (χ0v) is 19.9. The third-order valence-corrected chi connectivity index (χ3v) is 7.61. The third kappa shape index (κ3) is 5.36. The van der Waals surface area contributed by atoms with Crippen LogP contribution in [0.2, 0.25) is 0 Å².